The fraction of sp³-hybridized carbons (Fsp3) is 0.0909. The first kappa shape index (κ1) is 19.0. The molecule has 0 aliphatic rings. The molecule has 0 aliphatic carbocycles. The number of benzene rings is 2. The maximum Gasteiger partial charge on any atom is 0.238 e. The van der Waals surface area contributed by atoms with Crippen molar-refractivity contribution >= 4 is 10.0 Å². The minimum Gasteiger partial charge on any atom is -0.282 e. The van der Waals surface area contributed by atoms with Crippen molar-refractivity contribution in [1.29, 1.82) is 0 Å². The Hall–Kier alpha value is -3.29. The first-order valence-electron chi connectivity index (χ1n) is 9.04. The standard InChI is InChI=1S/C22H20N4O2S/c1-14-3-8-19(29(23,27)28)13-20(14)16-4-6-17(7-5-16)21-15(2)25-26-22(21)18-9-11-24-12-10-18/h3-13H,1-2H3,(H,25,26)(H2,23,27,28). The predicted molar refractivity (Wildman–Crippen MR) is 114 cm³/mol. The van der Waals surface area contributed by atoms with Crippen LogP contribution in [0.25, 0.3) is 33.5 Å². The smallest absolute Gasteiger partial charge is 0.238 e. The topological polar surface area (TPSA) is 102 Å². The van der Waals surface area contributed by atoms with Gasteiger partial charge in [-0.3, -0.25) is 10.1 Å². The summed E-state index contributed by atoms with van der Waals surface area (Å²) in [6.45, 7) is 3.93. The quantitative estimate of drug-likeness (QED) is 0.535. The Balaban J connectivity index is 1.77. The SMILES string of the molecule is Cc1ccc(S(N)(=O)=O)cc1-c1ccc(-c2c(-c3ccncc3)n[nH]c2C)cc1. The number of aromatic amines is 1. The van der Waals surface area contributed by atoms with Crippen molar-refractivity contribution in [3.05, 3.63) is 78.2 Å². The van der Waals surface area contributed by atoms with E-state index in [1.54, 1.807) is 24.5 Å². The molecule has 0 saturated carbocycles. The lowest BCUT2D eigenvalue weighted by Gasteiger charge is -2.10. The molecule has 0 aliphatic heterocycles. The van der Waals surface area contributed by atoms with E-state index in [0.717, 1.165) is 44.8 Å². The van der Waals surface area contributed by atoms with Crippen LogP contribution in [0.15, 0.2) is 71.9 Å². The second kappa shape index (κ2) is 7.27. The van der Waals surface area contributed by atoms with E-state index in [1.807, 2.05) is 50.2 Å². The third-order valence-corrected chi connectivity index (χ3v) is 5.83. The third-order valence-electron chi connectivity index (χ3n) is 4.92. The zero-order chi connectivity index (χ0) is 20.6. The van der Waals surface area contributed by atoms with E-state index >= 15 is 0 Å². The second-order valence-corrected chi connectivity index (χ2v) is 8.47. The number of primary sulfonamides is 1. The first-order valence-corrected chi connectivity index (χ1v) is 10.6. The maximum atomic E-state index is 11.7. The molecular weight excluding hydrogens is 384 g/mol. The van der Waals surface area contributed by atoms with Crippen molar-refractivity contribution in [1.82, 2.24) is 15.2 Å². The Bertz CT molecular complexity index is 1280. The van der Waals surface area contributed by atoms with Crippen LogP contribution in [0.5, 0.6) is 0 Å². The third kappa shape index (κ3) is 3.70. The molecule has 0 bridgehead atoms. The Kier molecular flexibility index (Phi) is 4.77. The molecule has 0 fully saturated rings. The van der Waals surface area contributed by atoms with Gasteiger partial charge in [0.15, 0.2) is 0 Å². The zero-order valence-corrected chi connectivity index (χ0v) is 16.9. The number of hydrogen-bond acceptors (Lipinski definition) is 4. The van der Waals surface area contributed by atoms with Crippen molar-refractivity contribution < 1.29 is 8.42 Å². The summed E-state index contributed by atoms with van der Waals surface area (Å²) >= 11 is 0. The highest BCUT2D eigenvalue weighted by molar-refractivity contribution is 7.89. The summed E-state index contributed by atoms with van der Waals surface area (Å²) < 4.78 is 23.4. The van der Waals surface area contributed by atoms with Gasteiger partial charge in [-0.05, 0) is 60.4 Å². The first-order chi connectivity index (χ1) is 13.8. The Morgan fingerprint density at radius 2 is 1.52 bits per heavy atom. The molecule has 7 heteroatoms. The fourth-order valence-corrected chi connectivity index (χ4v) is 3.95. The molecule has 2 heterocycles. The van der Waals surface area contributed by atoms with E-state index in [-0.39, 0.29) is 4.90 Å². The number of hydrogen-bond donors (Lipinski definition) is 2. The van der Waals surface area contributed by atoms with E-state index in [2.05, 4.69) is 15.2 Å². The average molecular weight is 404 g/mol. The highest BCUT2D eigenvalue weighted by Crippen LogP contribution is 2.34. The van der Waals surface area contributed by atoms with Crippen LogP contribution >= 0.6 is 0 Å². The number of sulfonamides is 1. The molecule has 29 heavy (non-hydrogen) atoms. The van der Waals surface area contributed by atoms with Crippen LogP contribution in [-0.2, 0) is 10.0 Å². The molecule has 2 aromatic carbocycles. The van der Waals surface area contributed by atoms with Gasteiger partial charge in [0.25, 0.3) is 0 Å². The van der Waals surface area contributed by atoms with Crippen LogP contribution in [0.1, 0.15) is 11.3 Å². The van der Waals surface area contributed by atoms with Gasteiger partial charge >= 0.3 is 0 Å². The summed E-state index contributed by atoms with van der Waals surface area (Å²) in [5, 5.41) is 12.8. The van der Waals surface area contributed by atoms with Crippen LogP contribution in [0.2, 0.25) is 0 Å². The lowest BCUT2D eigenvalue weighted by molar-refractivity contribution is 0.598. The molecule has 0 spiro atoms. The fourth-order valence-electron chi connectivity index (χ4n) is 3.41. The van der Waals surface area contributed by atoms with Crippen LogP contribution in [0.3, 0.4) is 0 Å². The maximum absolute atomic E-state index is 11.7. The zero-order valence-electron chi connectivity index (χ0n) is 16.0. The number of aryl methyl sites for hydroxylation is 2. The second-order valence-electron chi connectivity index (χ2n) is 6.91. The van der Waals surface area contributed by atoms with E-state index in [9.17, 15) is 8.42 Å². The highest BCUT2D eigenvalue weighted by atomic mass is 32.2. The molecule has 4 aromatic rings. The number of nitrogens with zero attached hydrogens (tertiary/aromatic N) is 2. The number of rotatable bonds is 4. The predicted octanol–water partition coefficient (Wildman–Crippen LogP) is 4.07. The number of nitrogens with one attached hydrogen (secondary N) is 1. The molecule has 3 N–H and O–H groups in total. The summed E-state index contributed by atoms with van der Waals surface area (Å²) in [4.78, 5) is 4.17. The van der Waals surface area contributed by atoms with Crippen LogP contribution in [0.4, 0.5) is 0 Å². The molecule has 4 rings (SSSR count). The lowest BCUT2D eigenvalue weighted by atomic mass is 9.95. The van der Waals surface area contributed by atoms with Crippen molar-refractivity contribution in [2.45, 2.75) is 18.7 Å². The van der Waals surface area contributed by atoms with Gasteiger partial charge in [0.1, 0.15) is 5.69 Å². The van der Waals surface area contributed by atoms with Crippen molar-refractivity contribution in [3.63, 3.8) is 0 Å². The largest absolute Gasteiger partial charge is 0.282 e. The van der Waals surface area contributed by atoms with Crippen molar-refractivity contribution in [3.8, 4) is 33.5 Å². The minimum absolute atomic E-state index is 0.104. The summed E-state index contributed by atoms with van der Waals surface area (Å²) in [5.74, 6) is 0. The summed E-state index contributed by atoms with van der Waals surface area (Å²) in [7, 11) is -3.75. The van der Waals surface area contributed by atoms with Gasteiger partial charge in [0, 0.05) is 29.2 Å². The lowest BCUT2D eigenvalue weighted by Crippen LogP contribution is -2.12. The van der Waals surface area contributed by atoms with Gasteiger partial charge in [-0.25, -0.2) is 13.6 Å². The van der Waals surface area contributed by atoms with Gasteiger partial charge < -0.3 is 0 Å². The molecule has 0 amide bonds. The molecule has 6 nitrogen and oxygen atoms in total. The Morgan fingerprint density at radius 3 is 2.17 bits per heavy atom. The average Bonchev–Trinajstić information content (AvgIpc) is 3.10. The normalized spacial score (nSPS) is 11.6. The van der Waals surface area contributed by atoms with Gasteiger partial charge in [-0.2, -0.15) is 5.10 Å². The Labute approximate surface area is 169 Å². The Morgan fingerprint density at radius 1 is 0.862 bits per heavy atom. The van der Waals surface area contributed by atoms with Gasteiger partial charge in [0.2, 0.25) is 10.0 Å². The molecule has 0 radical (unpaired) electrons. The molecule has 0 unspecified atom stereocenters. The van der Waals surface area contributed by atoms with E-state index < -0.39 is 10.0 Å². The number of pyridine rings is 1. The molecule has 0 saturated heterocycles. The summed E-state index contributed by atoms with van der Waals surface area (Å²) in [6, 6.07) is 16.8. The summed E-state index contributed by atoms with van der Waals surface area (Å²) in [6.07, 6.45) is 3.49. The van der Waals surface area contributed by atoms with E-state index in [1.165, 1.54) is 6.07 Å². The van der Waals surface area contributed by atoms with Gasteiger partial charge in [-0.1, -0.05) is 30.3 Å². The number of aromatic nitrogens is 3. The summed E-state index contributed by atoms with van der Waals surface area (Å²) in [5.41, 5.74) is 7.60. The van der Waals surface area contributed by atoms with Crippen molar-refractivity contribution in [2.75, 3.05) is 0 Å². The molecule has 0 atom stereocenters. The van der Waals surface area contributed by atoms with Gasteiger partial charge in [-0.15, -0.1) is 0 Å². The van der Waals surface area contributed by atoms with Crippen molar-refractivity contribution in [2.24, 2.45) is 5.14 Å². The van der Waals surface area contributed by atoms with E-state index in [4.69, 9.17) is 5.14 Å². The van der Waals surface area contributed by atoms with Crippen LogP contribution < -0.4 is 5.14 Å². The van der Waals surface area contributed by atoms with Crippen LogP contribution in [-0.4, -0.2) is 23.6 Å². The molecular formula is C22H20N4O2S. The van der Waals surface area contributed by atoms with Gasteiger partial charge in [0.05, 0.1) is 4.90 Å². The number of H-pyrrole nitrogens is 1. The molecule has 2 aromatic heterocycles. The molecule has 146 valence electrons. The van der Waals surface area contributed by atoms with Crippen LogP contribution in [0, 0.1) is 13.8 Å². The minimum atomic E-state index is -3.75. The highest BCUT2D eigenvalue weighted by Gasteiger charge is 2.15. The van der Waals surface area contributed by atoms with E-state index in [0.29, 0.717) is 0 Å². The number of nitrogens with two attached hydrogens (primary N) is 1. The monoisotopic (exact) mass is 404 g/mol.